The van der Waals surface area contributed by atoms with Gasteiger partial charge >= 0.3 is 5.63 Å². The van der Waals surface area contributed by atoms with Gasteiger partial charge in [-0.2, -0.15) is 0 Å². The Bertz CT molecular complexity index is 1280. The minimum absolute atomic E-state index is 0.0164. The van der Waals surface area contributed by atoms with E-state index in [0.717, 1.165) is 16.6 Å². The number of fused-ring (bicyclic) bond motifs is 2. The van der Waals surface area contributed by atoms with Crippen LogP contribution in [0.2, 0.25) is 0 Å². The van der Waals surface area contributed by atoms with E-state index in [4.69, 9.17) is 9.15 Å². The summed E-state index contributed by atoms with van der Waals surface area (Å²) >= 11 is 0. The van der Waals surface area contributed by atoms with E-state index in [-0.39, 0.29) is 5.56 Å². The Morgan fingerprint density at radius 1 is 1.14 bits per heavy atom. The van der Waals surface area contributed by atoms with Crippen LogP contribution in [0.5, 0.6) is 5.75 Å². The molecule has 0 saturated heterocycles. The highest BCUT2D eigenvalue weighted by atomic mass is 16.5. The highest BCUT2D eigenvalue weighted by Crippen LogP contribution is 2.24. The SMILES string of the molecule is COc1ccc2oc(=O)c(C(=O)NCCc3c(C)[nH]c4ccc(C)cc34)cc2c1. The summed E-state index contributed by atoms with van der Waals surface area (Å²) in [5, 5.41) is 4.63. The predicted octanol–water partition coefficient (Wildman–Crippen LogP) is 3.87. The molecule has 2 aromatic carbocycles. The number of rotatable bonds is 5. The molecular formula is C23H22N2O4. The lowest BCUT2D eigenvalue weighted by atomic mass is 10.1. The first-order valence-corrected chi connectivity index (χ1v) is 9.44. The lowest BCUT2D eigenvalue weighted by Crippen LogP contribution is -2.30. The number of aromatic nitrogens is 1. The van der Waals surface area contributed by atoms with E-state index in [1.54, 1.807) is 31.4 Å². The number of ether oxygens (including phenoxy) is 1. The minimum Gasteiger partial charge on any atom is -0.497 e. The van der Waals surface area contributed by atoms with Gasteiger partial charge in [0.05, 0.1) is 7.11 Å². The first kappa shape index (κ1) is 18.8. The van der Waals surface area contributed by atoms with E-state index in [1.165, 1.54) is 11.1 Å². The smallest absolute Gasteiger partial charge is 0.349 e. The largest absolute Gasteiger partial charge is 0.497 e. The van der Waals surface area contributed by atoms with Crippen molar-refractivity contribution < 1.29 is 13.9 Å². The van der Waals surface area contributed by atoms with E-state index in [9.17, 15) is 9.59 Å². The summed E-state index contributed by atoms with van der Waals surface area (Å²) in [6.07, 6.45) is 0.660. The van der Waals surface area contributed by atoms with Gasteiger partial charge in [-0.05, 0) is 62.2 Å². The van der Waals surface area contributed by atoms with Gasteiger partial charge < -0.3 is 19.5 Å². The molecule has 29 heavy (non-hydrogen) atoms. The fourth-order valence-corrected chi connectivity index (χ4v) is 3.60. The molecule has 0 radical (unpaired) electrons. The second-order valence-electron chi connectivity index (χ2n) is 7.13. The fourth-order valence-electron chi connectivity index (χ4n) is 3.60. The van der Waals surface area contributed by atoms with Crippen LogP contribution < -0.4 is 15.7 Å². The van der Waals surface area contributed by atoms with Crippen molar-refractivity contribution in [3.8, 4) is 5.75 Å². The quantitative estimate of drug-likeness (QED) is 0.507. The third-order valence-corrected chi connectivity index (χ3v) is 5.12. The van der Waals surface area contributed by atoms with Gasteiger partial charge in [0.2, 0.25) is 0 Å². The van der Waals surface area contributed by atoms with Crippen LogP contribution in [0.1, 0.15) is 27.2 Å². The van der Waals surface area contributed by atoms with E-state index in [2.05, 4.69) is 35.4 Å². The van der Waals surface area contributed by atoms with Crippen molar-refractivity contribution in [3.63, 3.8) is 0 Å². The van der Waals surface area contributed by atoms with Crippen LogP contribution in [0.15, 0.2) is 51.7 Å². The van der Waals surface area contributed by atoms with Crippen molar-refractivity contribution in [1.82, 2.24) is 10.3 Å². The minimum atomic E-state index is -0.654. The second-order valence-corrected chi connectivity index (χ2v) is 7.13. The summed E-state index contributed by atoms with van der Waals surface area (Å²) in [4.78, 5) is 28.2. The number of aryl methyl sites for hydroxylation is 2. The third-order valence-electron chi connectivity index (χ3n) is 5.12. The number of methoxy groups -OCH3 is 1. The third kappa shape index (κ3) is 3.61. The van der Waals surface area contributed by atoms with Crippen LogP contribution >= 0.6 is 0 Å². The van der Waals surface area contributed by atoms with Crippen molar-refractivity contribution in [2.45, 2.75) is 20.3 Å². The number of H-pyrrole nitrogens is 1. The zero-order valence-corrected chi connectivity index (χ0v) is 16.6. The van der Waals surface area contributed by atoms with Gasteiger partial charge in [0.1, 0.15) is 16.9 Å². The number of amides is 1. The van der Waals surface area contributed by atoms with E-state index in [1.807, 2.05) is 6.92 Å². The Kier molecular flexibility index (Phi) is 4.84. The molecule has 4 rings (SSSR count). The average molecular weight is 390 g/mol. The van der Waals surface area contributed by atoms with Crippen LogP contribution in [-0.4, -0.2) is 24.5 Å². The van der Waals surface area contributed by atoms with Gasteiger partial charge in [0.15, 0.2) is 0 Å². The number of aromatic amines is 1. The van der Waals surface area contributed by atoms with Crippen molar-refractivity contribution in [2.75, 3.05) is 13.7 Å². The number of hydrogen-bond acceptors (Lipinski definition) is 4. The second kappa shape index (κ2) is 7.47. The molecule has 0 spiro atoms. The lowest BCUT2D eigenvalue weighted by Gasteiger charge is -2.07. The number of carbonyl (C=O) groups excluding carboxylic acids is 1. The molecule has 0 fully saturated rings. The molecule has 2 aromatic heterocycles. The topological polar surface area (TPSA) is 84.3 Å². The Balaban J connectivity index is 1.53. The summed E-state index contributed by atoms with van der Waals surface area (Å²) < 4.78 is 10.5. The van der Waals surface area contributed by atoms with Gasteiger partial charge in [-0.3, -0.25) is 4.79 Å². The molecule has 0 unspecified atom stereocenters. The van der Waals surface area contributed by atoms with Gasteiger partial charge in [0, 0.05) is 28.5 Å². The highest BCUT2D eigenvalue weighted by molar-refractivity contribution is 5.96. The van der Waals surface area contributed by atoms with E-state index < -0.39 is 11.5 Å². The molecule has 4 aromatic rings. The maximum Gasteiger partial charge on any atom is 0.349 e. The Morgan fingerprint density at radius 2 is 1.97 bits per heavy atom. The molecule has 6 heteroatoms. The van der Waals surface area contributed by atoms with E-state index in [0.29, 0.717) is 29.7 Å². The molecule has 2 N–H and O–H groups in total. The standard InChI is InChI=1S/C23H22N2O4/c1-13-4-6-20-18(10-13)17(14(2)25-20)8-9-24-22(26)19-12-15-11-16(28-3)5-7-21(15)29-23(19)27/h4-7,10-12,25H,8-9H2,1-3H3,(H,24,26). The van der Waals surface area contributed by atoms with Crippen LogP contribution in [0.25, 0.3) is 21.9 Å². The number of carbonyl (C=O) groups is 1. The molecular weight excluding hydrogens is 368 g/mol. The van der Waals surface area contributed by atoms with Gasteiger partial charge in [-0.1, -0.05) is 11.6 Å². The highest BCUT2D eigenvalue weighted by Gasteiger charge is 2.15. The van der Waals surface area contributed by atoms with E-state index >= 15 is 0 Å². The maximum atomic E-state index is 12.6. The lowest BCUT2D eigenvalue weighted by molar-refractivity contribution is 0.0950. The molecule has 0 aliphatic rings. The number of nitrogens with one attached hydrogen (secondary N) is 2. The molecule has 6 nitrogen and oxygen atoms in total. The van der Waals surface area contributed by atoms with Crippen molar-refractivity contribution in [3.05, 3.63) is 75.3 Å². The molecule has 0 bridgehead atoms. The van der Waals surface area contributed by atoms with Gasteiger partial charge in [-0.25, -0.2) is 4.79 Å². The summed E-state index contributed by atoms with van der Waals surface area (Å²) in [5.41, 5.74) is 4.26. The zero-order chi connectivity index (χ0) is 20.5. The molecule has 0 aliphatic heterocycles. The molecule has 0 saturated carbocycles. The Hall–Kier alpha value is -3.54. The summed E-state index contributed by atoms with van der Waals surface area (Å²) in [6.45, 7) is 4.50. The monoisotopic (exact) mass is 390 g/mol. The Morgan fingerprint density at radius 3 is 2.76 bits per heavy atom. The van der Waals surface area contributed by atoms with Crippen molar-refractivity contribution in [1.29, 1.82) is 0 Å². The normalized spacial score (nSPS) is 11.1. The van der Waals surface area contributed by atoms with Gasteiger partial charge in [-0.15, -0.1) is 0 Å². The number of hydrogen-bond donors (Lipinski definition) is 2. The first-order chi connectivity index (χ1) is 14.0. The number of benzene rings is 2. The summed E-state index contributed by atoms with van der Waals surface area (Å²) in [5.74, 6) is 0.181. The maximum absolute atomic E-state index is 12.6. The van der Waals surface area contributed by atoms with Crippen LogP contribution in [0.4, 0.5) is 0 Å². The zero-order valence-electron chi connectivity index (χ0n) is 16.6. The van der Waals surface area contributed by atoms with Crippen LogP contribution in [0, 0.1) is 13.8 Å². The average Bonchev–Trinajstić information content (AvgIpc) is 3.01. The molecule has 2 heterocycles. The van der Waals surface area contributed by atoms with Crippen LogP contribution in [-0.2, 0) is 6.42 Å². The van der Waals surface area contributed by atoms with Gasteiger partial charge in [0.25, 0.3) is 5.91 Å². The molecule has 0 aliphatic carbocycles. The predicted molar refractivity (Wildman–Crippen MR) is 113 cm³/mol. The first-order valence-electron chi connectivity index (χ1n) is 9.44. The van der Waals surface area contributed by atoms with Crippen molar-refractivity contribution >= 4 is 27.8 Å². The Labute approximate surface area is 167 Å². The summed E-state index contributed by atoms with van der Waals surface area (Å²) in [7, 11) is 1.56. The fraction of sp³-hybridized carbons (Fsp3) is 0.217. The summed E-state index contributed by atoms with van der Waals surface area (Å²) in [6, 6.07) is 12.9. The van der Waals surface area contributed by atoms with Crippen molar-refractivity contribution in [2.24, 2.45) is 0 Å². The van der Waals surface area contributed by atoms with Crippen LogP contribution in [0.3, 0.4) is 0 Å². The molecule has 148 valence electrons. The molecule has 1 amide bonds. The molecule has 0 atom stereocenters.